The Morgan fingerprint density at radius 3 is 2.79 bits per heavy atom. The van der Waals surface area contributed by atoms with Crippen molar-refractivity contribution in [2.45, 2.75) is 6.42 Å². The number of rotatable bonds is 2. The molecule has 0 bridgehead atoms. The van der Waals surface area contributed by atoms with Crippen molar-refractivity contribution >= 4 is 11.0 Å². The summed E-state index contributed by atoms with van der Waals surface area (Å²) in [4.78, 5) is 25.6. The molecule has 0 fully saturated rings. The molecule has 0 spiro atoms. The molecule has 0 aliphatic heterocycles. The van der Waals surface area contributed by atoms with E-state index in [1.807, 2.05) is 24.3 Å². The van der Waals surface area contributed by atoms with E-state index in [1.54, 1.807) is 6.07 Å². The zero-order chi connectivity index (χ0) is 13.2. The van der Waals surface area contributed by atoms with Gasteiger partial charge in [0.1, 0.15) is 23.3 Å². The first-order valence-electron chi connectivity index (χ1n) is 5.68. The van der Waals surface area contributed by atoms with E-state index in [4.69, 9.17) is 5.26 Å². The van der Waals surface area contributed by atoms with Crippen molar-refractivity contribution in [2.75, 3.05) is 0 Å². The molecular formula is C13H9N5O. The van der Waals surface area contributed by atoms with Crippen molar-refractivity contribution in [2.24, 2.45) is 0 Å². The molecule has 0 atom stereocenters. The molecule has 3 rings (SSSR count). The van der Waals surface area contributed by atoms with Gasteiger partial charge in [0.15, 0.2) is 0 Å². The first-order valence-corrected chi connectivity index (χ1v) is 5.68. The number of H-pyrrole nitrogens is 2. The third-order valence-electron chi connectivity index (χ3n) is 2.75. The Morgan fingerprint density at radius 2 is 2.05 bits per heavy atom. The molecule has 0 aliphatic rings. The highest BCUT2D eigenvalue weighted by Gasteiger charge is 2.06. The third kappa shape index (κ3) is 2.09. The molecule has 6 nitrogen and oxygen atoms in total. The van der Waals surface area contributed by atoms with Crippen LogP contribution in [-0.2, 0) is 6.42 Å². The molecule has 0 aliphatic carbocycles. The minimum atomic E-state index is -0.427. The van der Waals surface area contributed by atoms with Crippen LogP contribution in [0.4, 0.5) is 0 Å². The molecule has 0 saturated heterocycles. The molecule has 92 valence electrons. The largest absolute Gasteiger partial charge is 0.342 e. The second-order valence-corrected chi connectivity index (χ2v) is 4.06. The second kappa shape index (κ2) is 4.38. The normalized spacial score (nSPS) is 10.5. The Bertz CT molecular complexity index is 807. The van der Waals surface area contributed by atoms with E-state index in [1.165, 1.54) is 6.20 Å². The summed E-state index contributed by atoms with van der Waals surface area (Å²) in [6.07, 6.45) is 1.66. The van der Waals surface area contributed by atoms with Crippen LogP contribution < -0.4 is 5.56 Å². The van der Waals surface area contributed by atoms with Crippen LogP contribution in [0.15, 0.2) is 35.3 Å². The number of aromatic amines is 2. The van der Waals surface area contributed by atoms with Gasteiger partial charge in [-0.2, -0.15) is 5.26 Å². The number of hydrogen-bond acceptors (Lipinski definition) is 4. The molecule has 2 N–H and O–H groups in total. The van der Waals surface area contributed by atoms with Gasteiger partial charge in [-0.25, -0.2) is 9.97 Å². The van der Waals surface area contributed by atoms with Crippen molar-refractivity contribution < 1.29 is 0 Å². The van der Waals surface area contributed by atoms with Crippen LogP contribution in [0.1, 0.15) is 17.2 Å². The van der Waals surface area contributed by atoms with Gasteiger partial charge in [0.05, 0.1) is 23.7 Å². The van der Waals surface area contributed by atoms with Crippen LogP contribution >= 0.6 is 0 Å². The second-order valence-electron chi connectivity index (χ2n) is 4.06. The predicted octanol–water partition coefficient (Wildman–Crippen LogP) is 1.11. The minimum Gasteiger partial charge on any atom is -0.342 e. The summed E-state index contributed by atoms with van der Waals surface area (Å²) in [5.41, 5.74) is 1.39. The zero-order valence-corrected chi connectivity index (χ0v) is 9.84. The van der Waals surface area contributed by atoms with E-state index >= 15 is 0 Å². The van der Waals surface area contributed by atoms with Gasteiger partial charge in [0.2, 0.25) is 0 Å². The van der Waals surface area contributed by atoms with Crippen LogP contribution in [0.2, 0.25) is 0 Å². The van der Waals surface area contributed by atoms with Crippen LogP contribution in [0.3, 0.4) is 0 Å². The van der Waals surface area contributed by atoms with Crippen molar-refractivity contribution in [3.05, 3.63) is 58.0 Å². The number of nitriles is 1. The molecule has 2 heterocycles. The third-order valence-corrected chi connectivity index (χ3v) is 2.75. The number of benzene rings is 1. The lowest BCUT2D eigenvalue weighted by Crippen LogP contribution is -2.14. The van der Waals surface area contributed by atoms with Crippen molar-refractivity contribution in [3.8, 4) is 6.07 Å². The van der Waals surface area contributed by atoms with Crippen LogP contribution in [0.25, 0.3) is 11.0 Å². The maximum Gasteiger partial charge on any atom is 0.268 e. The number of nitrogens with one attached hydrogen (secondary N) is 2. The maximum atomic E-state index is 11.5. The SMILES string of the molecule is N#Cc1cnc(Cc2nc3ccccc3[nH]2)[nH]c1=O. The highest BCUT2D eigenvalue weighted by molar-refractivity contribution is 5.74. The number of hydrogen-bond donors (Lipinski definition) is 2. The molecular weight excluding hydrogens is 242 g/mol. The lowest BCUT2D eigenvalue weighted by atomic mass is 10.3. The summed E-state index contributed by atoms with van der Waals surface area (Å²) in [5.74, 6) is 1.19. The number of aromatic nitrogens is 4. The molecule has 0 saturated carbocycles. The highest BCUT2D eigenvalue weighted by atomic mass is 16.1. The van der Waals surface area contributed by atoms with Gasteiger partial charge < -0.3 is 9.97 Å². The lowest BCUT2D eigenvalue weighted by molar-refractivity contribution is 0.898. The molecule has 0 unspecified atom stereocenters. The topological polar surface area (TPSA) is 98.2 Å². The van der Waals surface area contributed by atoms with E-state index in [0.717, 1.165) is 11.0 Å². The summed E-state index contributed by atoms with van der Waals surface area (Å²) in [6, 6.07) is 9.45. The summed E-state index contributed by atoms with van der Waals surface area (Å²) in [6.45, 7) is 0. The summed E-state index contributed by atoms with van der Waals surface area (Å²) < 4.78 is 0. The molecule has 0 amide bonds. The first-order chi connectivity index (χ1) is 9.26. The van der Waals surface area contributed by atoms with Gasteiger partial charge in [0.25, 0.3) is 5.56 Å². The fraction of sp³-hybridized carbons (Fsp3) is 0.0769. The summed E-state index contributed by atoms with van der Waals surface area (Å²) >= 11 is 0. The van der Waals surface area contributed by atoms with E-state index in [0.29, 0.717) is 18.1 Å². The van der Waals surface area contributed by atoms with E-state index in [-0.39, 0.29) is 5.56 Å². The van der Waals surface area contributed by atoms with E-state index < -0.39 is 5.56 Å². The molecule has 19 heavy (non-hydrogen) atoms. The Morgan fingerprint density at radius 1 is 1.21 bits per heavy atom. The van der Waals surface area contributed by atoms with Gasteiger partial charge >= 0.3 is 0 Å². The van der Waals surface area contributed by atoms with Gasteiger partial charge in [-0.05, 0) is 12.1 Å². The molecule has 3 aromatic rings. The first kappa shape index (κ1) is 11.2. The van der Waals surface area contributed by atoms with Gasteiger partial charge in [0, 0.05) is 0 Å². The highest BCUT2D eigenvalue weighted by Crippen LogP contribution is 2.11. The van der Waals surface area contributed by atoms with Crippen LogP contribution in [-0.4, -0.2) is 19.9 Å². The standard InChI is InChI=1S/C13H9N5O/c14-6-8-7-15-11(18-13(8)19)5-12-16-9-3-1-2-4-10(9)17-12/h1-4,7H,5H2,(H,16,17)(H,15,18,19). The predicted molar refractivity (Wildman–Crippen MR) is 68.5 cm³/mol. The Hall–Kier alpha value is -2.94. The van der Waals surface area contributed by atoms with Crippen LogP contribution in [0.5, 0.6) is 0 Å². The van der Waals surface area contributed by atoms with Crippen molar-refractivity contribution in [3.63, 3.8) is 0 Å². The molecule has 1 aromatic carbocycles. The Labute approximate surface area is 107 Å². The average Bonchev–Trinajstić information content (AvgIpc) is 2.81. The summed E-state index contributed by atoms with van der Waals surface area (Å²) in [7, 11) is 0. The average molecular weight is 251 g/mol. The Balaban J connectivity index is 1.95. The molecule has 2 aromatic heterocycles. The van der Waals surface area contributed by atoms with Gasteiger partial charge in [-0.15, -0.1) is 0 Å². The lowest BCUT2D eigenvalue weighted by Gasteiger charge is -1.97. The van der Waals surface area contributed by atoms with Crippen molar-refractivity contribution in [1.29, 1.82) is 5.26 Å². The van der Waals surface area contributed by atoms with E-state index in [2.05, 4.69) is 19.9 Å². The number of nitrogens with zero attached hydrogens (tertiary/aromatic N) is 3. The number of para-hydroxylation sites is 2. The molecule has 0 radical (unpaired) electrons. The van der Waals surface area contributed by atoms with Gasteiger partial charge in [-0.1, -0.05) is 12.1 Å². The van der Waals surface area contributed by atoms with Crippen LogP contribution in [0, 0.1) is 11.3 Å². The van der Waals surface area contributed by atoms with Crippen molar-refractivity contribution in [1.82, 2.24) is 19.9 Å². The molecule has 6 heteroatoms. The maximum absolute atomic E-state index is 11.5. The quantitative estimate of drug-likeness (QED) is 0.712. The Kier molecular flexibility index (Phi) is 2.58. The monoisotopic (exact) mass is 251 g/mol. The fourth-order valence-corrected chi connectivity index (χ4v) is 1.85. The van der Waals surface area contributed by atoms with E-state index in [9.17, 15) is 4.79 Å². The zero-order valence-electron chi connectivity index (χ0n) is 9.84. The van der Waals surface area contributed by atoms with Gasteiger partial charge in [-0.3, -0.25) is 4.79 Å². The summed E-state index contributed by atoms with van der Waals surface area (Å²) in [5, 5.41) is 8.67. The smallest absolute Gasteiger partial charge is 0.268 e. The number of imidazole rings is 1. The minimum absolute atomic E-state index is 0.00774. The number of fused-ring (bicyclic) bond motifs is 1. The fourth-order valence-electron chi connectivity index (χ4n) is 1.85.